The average Bonchev–Trinajstić information content (AvgIpc) is 2.93. The average molecular weight is 368 g/mol. The Balaban J connectivity index is 1.84. The van der Waals surface area contributed by atoms with Crippen LogP contribution in [0.2, 0.25) is 0 Å². The molecule has 8 heteroatoms. The molecule has 6 nitrogen and oxygen atoms in total. The molecule has 2 rings (SSSR count). The zero-order valence-electron chi connectivity index (χ0n) is 14.8. The van der Waals surface area contributed by atoms with Gasteiger partial charge in [0.2, 0.25) is 0 Å². The largest absolute Gasteiger partial charge is 0.361 e. The first-order valence-electron chi connectivity index (χ1n) is 8.19. The Morgan fingerprint density at radius 2 is 2.16 bits per heavy atom. The van der Waals surface area contributed by atoms with E-state index in [1.165, 1.54) is 18.4 Å². The van der Waals surface area contributed by atoms with Gasteiger partial charge in [0.15, 0.2) is 5.96 Å². The number of benzene rings is 1. The van der Waals surface area contributed by atoms with E-state index in [0.29, 0.717) is 18.9 Å². The summed E-state index contributed by atoms with van der Waals surface area (Å²) in [6.07, 6.45) is 4.40. The van der Waals surface area contributed by atoms with E-state index in [9.17, 15) is 12.8 Å². The number of nitrogens with zero attached hydrogens (tertiary/aromatic N) is 1. The lowest BCUT2D eigenvalue weighted by Crippen LogP contribution is -2.43. The normalized spacial score (nSPS) is 13.8. The van der Waals surface area contributed by atoms with Gasteiger partial charge in [-0.3, -0.25) is 4.99 Å². The number of hydrogen-bond donors (Lipinski definition) is 3. The highest BCUT2D eigenvalue weighted by Crippen LogP contribution is 2.19. The summed E-state index contributed by atoms with van der Waals surface area (Å²) in [5.41, 5.74) is 1.88. The number of aromatic amines is 1. The third-order valence-corrected chi connectivity index (χ3v) is 4.92. The molecule has 2 aromatic rings. The minimum absolute atomic E-state index is 0.00279. The number of rotatable bonds is 7. The van der Waals surface area contributed by atoms with Gasteiger partial charge >= 0.3 is 0 Å². The number of nitrogens with one attached hydrogen (secondary N) is 3. The maximum Gasteiger partial charge on any atom is 0.191 e. The summed E-state index contributed by atoms with van der Waals surface area (Å²) in [4.78, 5) is 7.23. The van der Waals surface area contributed by atoms with Crippen LogP contribution in [0, 0.1) is 5.82 Å². The van der Waals surface area contributed by atoms with Crippen molar-refractivity contribution in [2.45, 2.75) is 25.8 Å². The molecule has 1 aromatic heterocycles. The van der Waals surface area contributed by atoms with E-state index in [0.717, 1.165) is 22.9 Å². The standard InChI is InChI=1S/C17H25FN4O2S/c1-12(7-9-25(3,23)24)22-17(19-2)20-8-6-13-11-21-16-10-14(18)4-5-15(13)16/h4-5,10-12,21H,6-9H2,1-3H3,(H2,19,20,22). The van der Waals surface area contributed by atoms with Gasteiger partial charge in [0, 0.05) is 43.0 Å². The van der Waals surface area contributed by atoms with E-state index < -0.39 is 9.84 Å². The third kappa shape index (κ3) is 6.04. The molecule has 0 bridgehead atoms. The summed E-state index contributed by atoms with van der Waals surface area (Å²) in [5, 5.41) is 7.40. The number of halogens is 1. The first kappa shape index (κ1) is 19.2. The lowest BCUT2D eigenvalue weighted by Gasteiger charge is -2.17. The van der Waals surface area contributed by atoms with Crippen LogP contribution in [0.25, 0.3) is 10.9 Å². The van der Waals surface area contributed by atoms with Gasteiger partial charge in [0.05, 0.1) is 5.75 Å². The van der Waals surface area contributed by atoms with E-state index in [1.807, 2.05) is 13.1 Å². The SMILES string of the molecule is CN=C(NCCc1c[nH]c2cc(F)ccc12)NC(C)CCS(C)(=O)=O. The van der Waals surface area contributed by atoms with Crippen LogP contribution in [0.5, 0.6) is 0 Å². The molecule has 138 valence electrons. The predicted octanol–water partition coefficient (Wildman–Crippen LogP) is 1.84. The van der Waals surface area contributed by atoms with Gasteiger partial charge < -0.3 is 15.6 Å². The highest BCUT2D eigenvalue weighted by Gasteiger charge is 2.10. The second-order valence-electron chi connectivity index (χ2n) is 6.22. The van der Waals surface area contributed by atoms with E-state index >= 15 is 0 Å². The van der Waals surface area contributed by atoms with E-state index in [4.69, 9.17) is 0 Å². The van der Waals surface area contributed by atoms with Crippen LogP contribution in [-0.2, 0) is 16.3 Å². The van der Waals surface area contributed by atoms with Gasteiger partial charge in [-0.25, -0.2) is 12.8 Å². The Bertz CT molecular complexity index is 845. The fourth-order valence-corrected chi connectivity index (χ4v) is 3.35. The summed E-state index contributed by atoms with van der Waals surface area (Å²) in [6.45, 7) is 2.58. The molecule has 0 radical (unpaired) electrons. The number of aromatic nitrogens is 1. The van der Waals surface area contributed by atoms with Crippen LogP contribution in [0.4, 0.5) is 4.39 Å². The van der Waals surface area contributed by atoms with Gasteiger partial charge in [-0.2, -0.15) is 0 Å². The summed E-state index contributed by atoms with van der Waals surface area (Å²) >= 11 is 0. The quantitative estimate of drug-likeness (QED) is 0.514. The number of hydrogen-bond acceptors (Lipinski definition) is 3. The smallest absolute Gasteiger partial charge is 0.191 e. The molecule has 0 saturated carbocycles. The lowest BCUT2D eigenvalue weighted by molar-refractivity contribution is 0.581. The van der Waals surface area contributed by atoms with Crippen molar-refractivity contribution in [3.8, 4) is 0 Å². The molecule has 1 unspecified atom stereocenters. The molecule has 1 heterocycles. The minimum atomic E-state index is -2.96. The van der Waals surface area contributed by atoms with Crippen LogP contribution < -0.4 is 10.6 Å². The first-order chi connectivity index (χ1) is 11.8. The maximum absolute atomic E-state index is 13.2. The Morgan fingerprint density at radius 3 is 2.84 bits per heavy atom. The number of aliphatic imine (C=N–C) groups is 1. The van der Waals surface area contributed by atoms with Crippen molar-refractivity contribution in [2.75, 3.05) is 25.6 Å². The summed E-state index contributed by atoms with van der Waals surface area (Å²) in [5.74, 6) is 0.517. The molecule has 0 spiro atoms. The van der Waals surface area contributed by atoms with Crippen molar-refractivity contribution in [1.82, 2.24) is 15.6 Å². The van der Waals surface area contributed by atoms with Gasteiger partial charge in [0.1, 0.15) is 15.7 Å². The Morgan fingerprint density at radius 1 is 1.40 bits per heavy atom. The van der Waals surface area contributed by atoms with E-state index in [-0.39, 0.29) is 17.6 Å². The topological polar surface area (TPSA) is 86.3 Å². The van der Waals surface area contributed by atoms with Gasteiger partial charge in [-0.05, 0) is 43.5 Å². The van der Waals surface area contributed by atoms with Crippen LogP contribution in [0.1, 0.15) is 18.9 Å². The number of fused-ring (bicyclic) bond motifs is 1. The maximum atomic E-state index is 13.2. The van der Waals surface area contributed by atoms with Gasteiger partial charge in [-0.15, -0.1) is 0 Å². The van der Waals surface area contributed by atoms with Crippen molar-refractivity contribution in [3.63, 3.8) is 0 Å². The molecule has 3 N–H and O–H groups in total. The lowest BCUT2D eigenvalue weighted by atomic mass is 10.1. The molecule has 0 aliphatic rings. The van der Waals surface area contributed by atoms with E-state index in [1.54, 1.807) is 13.1 Å². The van der Waals surface area contributed by atoms with E-state index in [2.05, 4.69) is 20.6 Å². The molecule has 1 aromatic carbocycles. The summed E-state index contributed by atoms with van der Waals surface area (Å²) in [6, 6.07) is 4.71. The fraction of sp³-hybridized carbons (Fsp3) is 0.471. The molecule has 0 fully saturated rings. The number of guanidine groups is 1. The van der Waals surface area contributed by atoms with Gasteiger partial charge in [0.25, 0.3) is 0 Å². The monoisotopic (exact) mass is 368 g/mol. The van der Waals surface area contributed by atoms with Crippen LogP contribution in [0.15, 0.2) is 29.4 Å². The summed E-state index contributed by atoms with van der Waals surface area (Å²) in [7, 11) is -1.29. The number of H-pyrrole nitrogens is 1. The Hall–Kier alpha value is -2.09. The highest BCUT2D eigenvalue weighted by atomic mass is 32.2. The van der Waals surface area contributed by atoms with Crippen LogP contribution in [-0.4, -0.2) is 51.0 Å². The Labute approximate surface area is 147 Å². The third-order valence-electron chi connectivity index (χ3n) is 3.94. The second-order valence-corrected chi connectivity index (χ2v) is 8.48. The molecule has 25 heavy (non-hydrogen) atoms. The zero-order valence-corrected chi connectivity index (χ0v) is 15.6. The molecular weight excluding hydrogens is 343 g/mol. The first-order valence-corrected chi connectivity index (χ1v) is 10.2. The van der Waals surface area contributed by atoms with Crippen molar-refractivity contribution in [2.24, 2.45) is 4.99 Å². The molecule has 1 atom stereocenters. The fourth-order valence-electron chi connectivity index (χ4n) is 2.57. The van der Waals surface area contributed by atoms with Gasteiger partial charge in [-0.1, -0.05) is 0 Å². The van der Waals surface area contributed by atoms with Crippen LogP contribution >= 0.6 is 0 Å². The predicted molar refractivity (Wildman–Crippen MR) is 100 cm³/mol. The molecule has 0 amide bonds. The van der Waals surface area contributed by atoms with Crippen molar-refractivity contribution < 1.29 is 12.8 Å². The van der Waals surface area contributed by atoms with Crippen LogP contribution in [0.3, 0.4) is 0 Å². The van der Waals surface area contributed by atoms with Crippen molar-refractivity contribution >= 4 is 26.7 Å². The zero-order chi connectivity index (χ0) is 18.4. The molecular formula is C17H25FN4O2S. The minimum Gasteiger partial charge on any atom is -0.361 e. The molecule has 0 aliphatic carbocycles. The molecule has 0 aliphatic heterocycles. The van der Waals surface area contributed by atoms with Crippen molar-refractivity contribution in [1.29, 1.82) is 0 Å². The Kier molecular flexibility index (Phi) is 6.41. The highest BCUT2D eigenvalue weighted by molar-refractivity contribution is 7.90. The number of sulfone groups is 1. The second kappa shape index (κ2) is 8.33. The summed E-state index contributed by atoms with van der Waals surface area (Å²) < 4.78 is 35.7. The van der Waals surface area contributed by atoms with Crippen molar-refractivity contribution in [3.05, 3.63) is 35.8 Å². The molecule has 0 saturated heterocycles.